The van der Waals surface area contributed by atoms with Gasteiger partial charge in [0.15, 0.2) is 0 Å². The molecule has 0 aromatic heterocycles. The minimum atomic E-state index is -0.0917. The predicted octanol–water partition coefficient (Wildman–Crippen LogP) is 4.38. The van der Waals surface area contributed by atoms with Crippen LogP contribution in [0.2, 0.25) is 5.02 Å². The van der Waals surface area contributed by atoms with E-state index in [0.29, 0.717) is 18.1 Å². The van der Waals surface area contributed by atoms with Gasteiger partial charge in [-0.2, -0.15) is 0 Å². The topological polar surface area (TPSA) is 49.4 Å². The van der Waals surface area contributed by atoms with Gasteiger partial charge in [-0.1, -0.05) is 29.8 Å². The second-order valence-electron chi connectivity index (χ2n) is 6.48. The molecule has 5 heteroatoms. The Morgan fingerprint density at radius 3 is 2.31 bits per heavy atom. The molecule has 2 amide bonds. The van der Waals surface area contributed by atoms with E-state index in [1.807, 2.05) is 56.3 Å². The normalized spacial score (nSPS) is 10.5. The van der Waals surface area contributed by atoms with Crippen LogP contribution in [0.3, 0.4) is 0 Å². The van der Waals surface area contributed by atoms with Gasteiger partial charge in [0.2, 0.25) is 11.8 Å². The molecule has 0 fully saturated rings. The van der Waals surface area contributed by atoms with Gasteiger partial charge in [-0.3, -0.25) is 9.59 Å². The second kappa shape index (κ2) is 9.39. The Morgan fingerprint density at radius 1 is 1.00 bits per heavy atom. The van der Waals surface area contributed by atoms with E-state index in [1.165, 1.54) is 12.5 Å². The van der Waals surface area contributed by atoms with Crippen molar-refractivity contribution in [3.05, 3.63) is 64.2 Å². The van der Waals surface area contributed by atoms with Crippen molar-refractivity contribution >= 4 is 29.1 Å². The molecule has 0 unspecified atom stereocenters. The molecule has 0 radical (unpaired) electrons. The summed E-state index contributed by atoms with van der Waals surface area (Å²) in [6, 6.07) is 13.4. The lowest BCUT2D eigenvalue weighted by atomic mass is 10.1. The van der Waals surface area contributed by atoms with Crippen molar-refractivity contribution in [3.8, 4) is 0 Å². The Balaban J connectivity index is 1.84. The summed E-state index contributed by atoms with van der Waals surface area (Å²) in [5, 5.41) is 3.59. The summed E-state index contributed by atoms with van der Waals surface area (Å²) >= 11 is 5.89. The number of hydrogen-bond acceptors (Lipinski definition) is 2. The highest BCUT2D eigenvalue weighted by molar-refractivity contribution is 6.30. The van der Waals surface area contributed by atoms with Crippen LogP contribution in [-0.2, 0) is 16.0 Å². The molecule has 0 atom stereocenters. The van der Waals surface area contributed by atoms with E-state index in [-0.39, 0.29) is 18.2 Å². The molecule has 2 aromatic rings. The van der Waals surface area contributed by atoms with Crippen molar-refractivity contribution in [1.29, 1.82) is 0 Å². The summed E-state index contributed by atoms with van der Waals surface area (Å²) in [6.07, 6.45) is 1.00. The fourth-order valence-electron chi connectivity index (χ4n) is 2.62. The summed E-state index contributed by atoms with van der Waals surface area (Å²) < 4.78 is 0. The molecule has 0 saturated carbocycles. The van der Waals surface area contributed by atoms with E-state index in [1.54, 1.807) is 4.90 Å². The van der Waals surface area contributed by atoms with Crippen LogP contribution in [0.4, 0.5) is 5.69 Å². The SMILES string of the molecule is CC(=O)N(CCC(=O)Nc1ccc(C)c(C)c1)CCc1ccc(Cl)cc1. The van der Waals surface area contributed by atoms with E-state index in [4.69, 9.17) is 11.6 Å². The number of nitrogens with one attached hydrogen (secondary N) is 1. The zero-order valence-corrected chi connectivity index (χ0v) is 16.3. The summed E-state index contributed by atoms with van der Waals surface area (Å²) in [7, 11) is 0. The Morgan fingerprint density at radius 2 is 1.69 bits per heavy atom. The maximum absolute atomic E-state index is 12.2. The smallest absolute Gasteiger partial charge is 0.226 e. The molecule has 0 saturated heterocycles. The third kappa shape index (κ3) is 6.19. The molecule has 0 aliphatic rings. The van der Waals surface area contributed by atoms with Gasteiger partial charge >= 0.3 is 0 Å². The molecular formula is C21H25ClN2O2. The number of benzene rings is 2. The number of rotatable bonds is 7. The summed E-state index contributed by atoms with van der Waals surface area (Å²) in [5.41, 5.74) is 4.22. The Kier molecular flexibility index (Phi) is 7.22. The highest BCUT2D eigenvalue weighted by Gasteiger charge is 2.12. The van der Waals surface area contributed by atoms with Crippen molar-refractivity contribution in [2.75, 3.05) is 18.4 Å². The number of aryl methyl sites for hydroxylation is 2. The lowest BCUT2D eigenvalue weighted by Crippen LogP contribution is -2.33. The molecule has 0 bridgehead atoms. The molecule has 0 aliphatic heterocycles. The number of amides is 2. The molecule has 1 N–H and O–H groups in total. The van der Waals surface area contributed by atoms with Crippen LogP contribution in [0.5, 0.6) is 0 Å². The van der Waals surface area contributed by atoms with Crippen molar-refractivity contribution < 1.29 is 9.59 Å². The molecule has 138 valence electrons. The monoisotopic (exact) mass is 372 g/mol. The average Bonchev–Trinajstić information content (AvgIpc) is 2.59. The van der Waals surface area contributed by atoms with E-state index >= 15 is 0 Å². The van der Waals surface area contributed by atoms with E-state index in [9.17, 15) is 9.59 Å². The molecule has 0 spiro atoms. The van der Waals surface area contributed by atoms with Crippen LogP contribution < -0.4 is 5.32 Å². The van der Waals surface area contributed by atoms with Crippen LogP contribution in [-0.4, -0.2) is 29.8 Å². The lowest BCUT2D eigenvalue weighted by molar-refractivity contribution is -0.129. The largest absolute Gasteiger partial charge is 0.342 e. The first-order chi connectivity index (χ1) is 12.3. The van der Waals surface area contributed by atoms with Gasteiger partial charge in [-0.05, 0) is 61.2 Å². The van der Waals surface area contributed by atoms with Gasteiger partial charge in [0, 0.05) is 37.1 Å². The number of carbonyl (C=O) groups excluding carboxylic acids is 2. The summed E-state index contributed by atoms with van der Waals surface area (Å²) in [6.45, 7) is 6.56. The number of hydrogen-bond donors (Lipinski definition) is 1. The number of anilines is 1. The van der Waals surface area contributed by atoms with Crippen molar-refractivity contribution in [2.24, 2.45) is 0 Å². The first-order valence-electron chi connectivity index (χ1n) is 8.72. The van der Waals surface area contributed by atoms with Crippen LogP contribution in [0.1, 0.15) is 30.0 Å². The van der Waals surface area contributed by atoms with Crippen molar-refractivity contribution in [1.82, 2.24) is 4.90 Å². The summed E-state index contributed by atoms with van der Waals surface area (Å²) in [5.74, 6) is -0.121. The maximum atomic E-state index is 12.2. The van der Waals surface area contributed by atoms with Gasteiger partial charge in [-0.15, -0.1) is 0 Å². The third-order valence-electron chi connectivity index (χ3n) is 4.43. The molecule has 0 aliphatic carbocycles. The van der Waals surface area contributed by atoms with Crippen LogP contribution in [0.25, 0.3) is 0 Å². The van der Waals surface area contributed by atoms with Gasteiger partial charge < -0.3 is 10.2 Å². The minimum Gasteiger partial charge on any atom is -0.342 e. The Hall–Kier alpha value is -2.33. The van der Waals surface area contributed by atoms with Gasteiger partial charge in [0.25, 0.3) is 0 Å². The highest BCUT2D eigenvalue weighted by atomic mass is 35.5. The van der Waals surface area contributed by atoms with Gasteiger partial charge in [0.1, 0.15) is 0 Å². The standard InChI is InChI=1S/C21H25ClN2O2/c1-15-4-9-20(14-16(15)2)23-21(26)11-13-24(17(3)25)12-10-18-5-7-19(22)8-6-18/h4-9,14H,10-13H2,1-3H3,(H,23,26). The first kappa shape index (κ1) is 20.0. The molecule has 26 heavy (non-hydrogen) atoms. The Labute approximate surface area is 160 Å². The van der Waals surface area contributed by atoms with Crippen LogP contribution in [0, 0.1) is 13.8 Å². The van der Waals surface area contributed by atoms with E-state index in [0.717, 1.165) is 23.2 Å². The van der Waals surface area contributed by atoms with Crippen molar-refractivity contribution in [3.63, 3.8) is 0 Å². The number of carbonyl (C=O) groups is 2. The molecule has 0 heterocycles. The maximum Gasteiger partial charge on any atom is 0.226 e. The third-order valence-corrected chi connectivity index (χ3v) is 4.68. The second-order valence-corrected chi connectivity index (χ2v) is 6.92. The van der Waals surface area contributed by atoms with Crippen LogP contribution >= 0.6 is 11.6 Å². The fourth-order valence-corrected chi connectivity index (χ4v) is 2.75. The number of nitrogens with zero attached hydrogens (tertiary/aromatic N) is 1. The average molecular weight is 373 g/mol. The minimum absolute atomic E-state index is 0.0297. The Bertz CT molecular complexity index is 772. The van der Waals surface area contributed by atoms with Gasteiger partial charge in [-0.25, -0.2) is 0 Å². The molecular weight excluding hydrogens is 348 g/mol. The zero-order chi connectivity index (χ0) is 19.1. The lowest BCUT2D eigenvalue weighted by Gasteiger charge is -2.21. The molecule has 2 rings (SSSR count). The number of halogens is 1. The molecule has 4 nitrogen and oxygen atoms in total. The fraction of sp³-hybridized carbons (Fsp3) is 0.333. The highest BCUT2D eigenvalue weighted by Crippen LogP contribution is 2.14. The van der Waals surface area contributed by atoms with E-state index < -0.39 is 0 Å². The van der Waals surface area contributed by atoms with E-state index in [2.05, 4.69) is 5.32 Å². The van der Waals surface area contributed by atoms with Crippen LogP contribution in [0.15, 0.2) is 42.5 Å². The first-order valence-corrected chi connectivity index (χ1v) is 9.10. The zero-order valence-electron chi connectivity index (χ0n) is 15.5. The summed E-state index contributed by atoms with van der Waals surface area (Å²) in [4.78, 5) is 25.7. The predicted molar refractivity (Wildman–Crippen MR) is 107 cm³/mol. The molecule has 2 aromatic carbocycles. The van der Waals surface area contributed by atoms with Crippen molar-refractivity contribution in [2.45, 2.75) is 33.6 Å². The quantitative estimate of drug-likeness (QED) is 0.784. The van der Waals surface area contributed by atoms with Gasteiger partial charge in [0.05, 0.1) is 0 Å².